The second-order valence-corrected chi connectivity index (χ2v) is 7.10. The lowest BCUT2D eigenvalue weighted by molar-refractivity contribution is 0.277. The van der Waals surface area contributed by atoms with Gasteiger partial charge < -0.3 is 14.2 Å². The fourth-order valence-corrected chi connectivity index (χ4v) is 1.89. The predicted molar refractivity (Wildman–Crippen MR) is 126 cm³/mol. The number of hydrogen-bond donors (Lipinski definition) is 0. The van der Waals surface area contributed by atoms with E-state index < -0.39 is 0 Å². The van der Waals surface area contributed by atoms with Gasteiger partial charge in [-0.2, -0.15) is 0 Å². The molecule has 0 aromatic rings. The third-order valence-electron chi connectivity index (χ3n) is 3.81. The molecule has 162 valence electrons. The highest BCUT2D eigenvalue weighted by molar-refractivity contribution is 5.50. The zero-order valence-electron chi connectivity index (χ0n) is 19.9. The highest BCUT2D eigenvalue weighted by Crippen LogP contribution is 2.24. The molecule has 0 heterocycles. The first-order valence-corrected chi connectivity index (χ1v) is 9.48. The van der Waals surface area contributed by atoms with Gasteiger partial charge in [0.25, 0.3) is 0 Å². The molecule has 3 heteroatoms. The van der Waals surface area contributed by atoms with Crippen molar-refractivity contribution in [3.05, 3.63) is 72.6 Å². The van der Waals surface area contributed by atoms with E-state index in [9.17, 15) is 0 Å². The highest BCUT2D eigenvalue weighted by atomic mass is 16.5. The summed E-state index contributed by atoms with van der Waals surface area (Å²) in [5.41, 5.74) is 4.02. The lowest BCUT2D eigenvalue weighted by atomic mass is 9.91. The summed E-state index contributed by atoms with van der Waals surface area (Å²) in [6.45, 7) is 24.9. The minimum Gasteiger partial charge on any atom is -0.497 e. The highest BCUT2D eigenvalue weighted by Gasteiger charge is 2.08. The van der Waals surface area contributed by atoms with Crippen LogP contribution in [0.1, 0.15) is 40.5 Å². The van der Waals surface area contributed by atoms with Gasteiger partial charge in [-0.15, -0.1) is 0 Å². The monoisotopic (exact) mass is 392 g/mol. The van der Waals surface area contributed by atoms with E-state index in [2.05, 4.69) is 62.6 Å². The van der Waals surface area contributed by atoms with Crippen LogP contribution in [0.4, 0.5) is 0 Å². The Kier molecular flexibility index (Phi) is 22.0. The first kappa shape index (κ1) is 30.9. The van der Waals surface area contributed by atoms with Crippen molar-refractivity contribution in [1.29, 1.82) is 0 Å². The van der Waals surface area contributed by atoms with Crippen LogP contribution >= 0.6 is 0 Å². The van der Waals surface area contributed by atoms with Gasteiger partial charge in [0.2, 0.25) is 0 Å². The number of methoxy groups -OCH3 is 3. The van der Waals surface area contributed by atoms with Gasteiger partial charge in [0, 0.05) is 28.4 Å². The van der Waals surface area contributed by atoms with Gasteiger partial charge >= 0.3 is 0 Å². The molecule has 0 aliphatic rings. The molecule has 0 rings (SSSR count). The first-order valence-electron chi connectivity index (χ1n) is 9.48. The smallest absolute Gasteiger partial charge is 0.111 e. The van der Waals surface area contributed by atoms with Gasteiger partial charge in [0.1, 0.15) is 5.76 Å². The third kappa shape index (κ3) is 18.9. The molecule has 3 nitrogen and oxygen atoms in total. The van der Waals surface area contributed by atoms with E-state index in [-0.39, 0.29) is 0 Å². The largest absolute Gasteiger partial charge is 0.497 e. The van der Waals surface area contributed by atoms with Crippen molar-refractivity contribution < 1.29 is 14.2 Å². The lowest BCUT2D eigenvalue weighted by Gasteiger charge is -2.15. The number of ether oxygens (including phenoxy) is 3. The fourth-order valence-electron chi connectivity index (χ4n) is 1.89. The Labute approximate surface area is 175 Å². The second kappa shape index (κ2) is 19.9. The van der Waals surface area contributed by atoms with Crippen LogP contribution in [-0.2, 0) is 14.2 Å². The SMILES string of the molecule is C=C(/C=C\C(=C)C(=C)/C(C)=C\C(=C)C(C)CCC(C)C)OC.COC.COC. The Balaban J connectivity index is -0.000000915. The van der Waals surface area contributed by atoms with E-state index >= 15 is 0 Å². The summed E-state index contributed by atoms with van der Waals surface area (Å²) in [5.74, 6) is 1.82. The Morgan fingerprint density at radius 1 is 0.821 bits per heavy atom. The summed E-state index contributed by atoms with van der Waals surface area (Å²) in [6.07, 6.45) is 8.18. The molecule has 1 unspecified atom stereocenters. The maximum atomic E-state index is 5.00. The van der Waals surface area contributed by atoms with Gasteiger partial charge in [0.05, 0.1) is 7.11 Å². The molecule has 0 N–H and O–H groups in total. The van der Waals surface area contributed by atoms with Crippen LogP contribution in [0.25, 0.3) is 0 Å². The summed E-state index contributed by atoms with van der Waals surface area (Å²) in [4.78, 5) is 0. The maximum Gasteiger partial charge on any atom is 0.111 e. The number of rotatable bonds is 10. The molecular formula is C25H44O3. The van der Waals surface area contributed by atoms with Crippen molar-refractivity contribution in [2.24, 2.45) is 11.8 Å². The van der Waals surface area contributed by atoms with Gasteiger partial charge in [-0.25, -0.2) is 0 Å². The van der Waals surface area contributed by atoms with Crippen LogP contribution in [-0.4, -0.2) is 35.5 Å². The molecule has 0 saturated heterocycles. The average Bonchev–Trinajstić information content (AvgIpc) is 2.64. The van der Waals surface area contributed by atoms with Crippen molar-refractivity contribution in [3.8, 4) is 0 Å². The molecule has 0 amide bonds. The Hall–Kier alpha value is -1.84. The molecule has 0 spiro atoms. The molecular weight excluding hydrogens is 348 g/mol. The van der Waals surface area contributed by atoms with Crippen LogP contribution in [0.15, 0.2) is 72.6 Å². The topological polar surface area (TPSA) is 27.7 Å². The van der Waals surface area contributed by atoms with Gasteiger partial charge in [-0.3, -0.25) is 0 Å². The van der Waals surface area contributed by atoms with Crippen LogP contribution in [0, 0.1) is 11.8 Å². The Bertz CT molecular complexity index is 520. The van der Waals surface area contributed by atoms with Crippen LogP contribution in [0.3, 0.4) is 0 Å². The van der Waals surface area contributed by atoms with E-state index in [0.717, 1.165) is 28.2 Å². The standard InChI is InChI=1S/C21H32O.2C2H6O/c1-15(2)10-11-16(3)18(5)14-19(6)21(8)17(4)12-13-20(7)22-9;2*1-3-2/h12-16H,4-5,7-8,10-11H2,1-3,6,9H3;2*1-2H3/b13-12-,19-14-;;. The van der Waals surface area contributed by atoms with Crippen molar-refractivity contribution >= 4 is 0 Å². The number of allylic oxidation sites excluding steroid dienone is 7. The molecule has 0 aliphatic heterocycles. The van der Waals surface area contributed by atoms with E-state index in [1.165, 1.54) is 12.8 Å². The molecule has 0 aliphatic carbocycles. The molecule has 0 saturated carbocycles. The van der Waals surface area contributed by atoms with Crippen LogP contribution in [0.5, 0.6) is 0 Å². The summed E-state index contributed by atoms with van der Waals surface area (Å²) in [6, 6.07) is 0. The van der Waals surface area contributed by atoms with Gasteiger partial charge in [0.15, 0.2) is 0 Å². The summed E-state index contributed by atoms with van der Waals surface area (Å²) in [7, 11) is 8.10. The third-order valence-corrected chi connectivity index (χ3v) is 3.81. The maximum absolute atomic E-state index is 5.00. The molecule has 1 atom stereocenters. The average molecular weight is 393 g/mol. The lowest BCUT2D eigenvalue weighted by Crippen LogP contribution is -2.00. The number of hydrogen-bond acceptors (Lipinski definition) is 3. The van der Waals surface area contributed by atoms with Crippen molar-refractivity contribution in [1.82, 2.24) is 0 Å². The van der Waals surface area contributed by atoms with E-state index in [1.807, 2.05) is 13.0 Å². The van der Waals surface area contributed by atoms with Crippen LogP contribution in [0.2, 0.25) is 0 Å². The van der Waals surface area contributed by atoms with E-state index in [4.69, 9.17) is 4.74 Å². The molecule has 0 aromatic carbocycles. The molecule has 28 heavy (non-hydrogen) atoms. The molecule has 0 bridgehead atoms. The first-order chi connectivity index (χ1) is 13.0. The zero-order valence-corrected chi connectivity index (χ0v) is 19.9. The summed E-state index contributed by atoms with van der Waals surface area (Å²) in [5, 5.41) is 0. The van der Waals surface area contributed by atoms with Gasteiger partial charge in [-0.05, 0) is 48.0 Å². The van der Waals surface area contributed by atoms with E-state index in [1.54, 1.807) is 41.6 Å². The summed E-state index contributed by atoms with van der Waals surface area (Å²) < 4.78 is 13.5. The normalized spacial score (nSPS) is 11.7. The van der Waals surface area contributed by atoms with Crippen LogP contribution < -0.4 is 0 Å². The predicted octanol–water partition coefficient (Wildman–Crippen LogP) is 6.92. The summed E-state index contributed by atoms with van der Waals surface area (Å²) >= 11 is 0. The zero-order chi connectivity index (χ0) is 22.7. The molecule has 0 radical (unpaired) electrons. The molecule has 0 aromatic heterocycles. The second-order valence-electron chi connectivity index (χ2n) is 7.10. The Morgan fingerprint density at radius 3 is 1.68 bits per heavy atom. The van der Waals surface area contributed by atoms with Crippen molar-refractivity contribution in [3.63, 3.8) is 0 Å². The van der Waals surface area contributed by atoms with Crippen molar-refractivity contribution in [2.75, 3.05) is 35.5 Å². The Morgan fingerprint density at radius 2 is 1.29 bits per heavy atom. The minimum atomic E-state index is 0.488. The van der Waals surface area contributed by atoms with E-state index in [0.29, 0.717) is 11.7 Å². The quantitative estimate of drug-likeness (QED) is 0.298. The van der Waals surface area contributed by atoms with Gasteiger partial charge in [-0.1, -0.05) is 71.2 Å². The van der Waals surface area contributed by atoms with Crippen molar-refractivity contribution in [2.45, 2.75) is 40.5 Å². The fraction of sp³-hybridized carbons (Fsp3) is 0.520. The molecule has 0 fully saturated rings. The minimum absolute atomic E-state index is 0.488.